The molecule has 3 rings (SSSR count). The molecule has 0 radical (unpaired) electrons. The van der Waals surface area contributed by atoms with Crippen molar-refractivity contribution in [2.45, 2.75) is 32.2 Å². The third kappa shape index (κ3) is 2.98. The summed E-state index contributed by atoms with van der Waals surface area (Å²) in [6.07, 6.45) is 3.16. The van der Waals surface area contributed by atoms with Crippen LogP contribution in [0.5, 0.6) is 0 Å². The standard InChI is InChI=1S/C18H27N3O/c1-14(22)20(3)16-8-7-15-5-4-6-18(17(15)13-16)21-11-9-19(2)10-12-21/h4-6,16H,7-13H2,1-3H3. The topological polar surface area (TPSA) is 26.8 Å². The molecule has 1 fully saturated rings. The molecule has 4 heteroatoms. The predicted molar refractivity (Wildman–Crippen MR) is 90.4 cm³/mol. The monoisotopic (exact) mass is 301 g/mol. The van der Waals surface area contributed by atoms with Crippen LogP contribution in [0.3, 0.4) is 0 Å². The Balaban J connectivity index is 1.84. The van der Waals surface area contributed by atoms with Crippen molar-refractivity contribution in [1.82, 2.24) is 9.80 Å². The molecule has 0 spiro atoms. The van der Waals surface area contributed by atoms with Crippen LogP contribution in [0.15, 0.2) is 18.2 Å². The fourth-order valence-corrected chi connectivity index (χ4v) is 3.68. The summed E-state index contributed by atoms with van der Waals surface area (Å²) >= 11 is 0. The van der Waals surface area contributed by atoms with Crippen molar-refractivity contribution in [3.63, 3.8) is 0 Å². The summed E-state index contributed by atoms with van der Waals surface area (Å²) in [4.78, 5) is 18.5. The summed E-state index contributed by atoms with van der Waals surface area (Å²) in [5.74, 6) is 0.172. The minimum Gasteiger partial charge on any atom is -0.369 e. The number of rotatable bonds is 2. The summed E-state index contributed by atoms with van der Waals surface area (Å²) in [7, 11) is 4.13. The second-order valence-corrected chi connectivity index (χ2v) is 6.73. The van der Waals surface area contributed by atoms with Crippen molar-refractivity contribution in [3.05, 3.63) is 29.3 Å². The Morgan fingerprint density at radius 1 is 1.23 bits per heavy atom. The fourth-order valence-electron chi connectivity index (χ4n) is 3.68. The van der Waals surface area contributed by atoms with Gasteiger partial charge in [-0.15, -0.1) is 0 Å². The van der Waals surface area contributed by atoms with Gasteiger partial charge in [0.15, 0.2) is 0 Å². The third-order valence-electron chi connectivity index (χ3n) is 5.32. The number of anilines is 1. The van der Waals surface area contributed by atoms with Crippen molar-refractivity contribution < 1.29 is 4.79 Å². The van der Waals surface area contributed by atoms with E-state index in [9.17, 15) is 4.79 Å². The maximum Gasteiger partial charge on any atom is 0.219 e. The van der Waals surface area contributed by atoms with Crippen molar-refractivity contribution >= 4 is 11.6 Å². The van der Waals surface area contributed by atoms with E-state index in [1.54, 1.807) is 6.92 Å². The second-order valence-electron chi connectivity index (χ2n) is 6.73. The van der Waals surface area contributed by atoms with Crippen molar-refractivity contribution in [2.75, 3.05) is 45.2 Å². The normalized spacial score (nSPS) is 22.3. The van der Waals surface area contributed by atoms with Crippen LogP contribution in [-0.2, 0) is 17.6 Å². The highest BCUT2D eigenvalue weighted by atomic mass is 16.2. The lowest BCUT2D eigenvalue weighted by molar-refractivity contribution is -0.129. The van der Waals surface area contributed by atoms with E-state index in [0.29, 0.717) is 6.04 Å². The van der Waals surface area contributed by atoms with E-state index >= 15 is 0 Å². The van der Waals surface area contributed by atoms with E-state index in [2.05, 4.69) is 35.0 Å². The number of fused-ring (bicyclic) bond motifs is 1. The van der Waals surface area contributed by atoms with Crippen LogP contribution in [0, 0.1) is 0 Å². The lowest BCUT2D eigenvalue weighted by atomic mass is 9.86. The Bertz CT molecular complexity index is 549. The summed E-state index contributed by atoms with van der Waals surface area (Å²) in [6.45, 7) is 6.11. The molecule has 1 unspecified atom stereocenters. The molecule has 4 nitrogen and oxygen atoms in total. The minimum absolute atomic E-state index is 0.172. The Labute approximate surface area is 133 Å². The van der Waals surface area contributed by atoms with Crippen molar-refractivity contribution in [3.8, 4) is 0 Å². The first-order valence-electron chi connectivity index (χ1n) is 8.34. The van der Waals surface area contributed by atoms with E-state index in [1.807, 2.05) is 11.9 Å². The van der Waals surface area contributed by atoms with Crippen LogP contribution in [0.25, 0.3) is 0 Å². The largest absolute Gasteiger partial charge is 0.369 e. The van der Waals surface area contributed by atoms with Crippen LogP contribution in [0.4, 0.5) is 5.69 Å². The van der Waals surface area contributed by atoms with Crippen LogP contribution >= 0.6 is 0 Å². The predicted octanol–water partition coefficient (Wildman–Crippen LogP) is 1.77. The fraction of sp³-hybridized carbons (Fsp3) is 0.611. The highest BCUT2D eigenvalue weighted by Gasteiger charge is 2.27. The maximum absolute atomic E-state index is 11.7. The van der Waals surface area contributed by atoms with Crippen LogP contribution in [0.1, 0.15) is 24.5 Å². The molecule has 1 amide bonds. The zero-order valence-corrected chi connectivity index (χ0v) is 14.0. The van der Waals surface area contributed by atoms with E-state index in [-0.39, 0.29) is 5.91 Å². The van der Waals surface area contributed by atoms with Gasteiger partial charge in [-0.2, -0.15) is 0 Å². The van der Waals surface area contributed by atoms with Gasteiger partial charge in [-0.1, -0.05) is 12.1 Å². The second kappa shape index (κ2) is 6.29. The van der Waals surface area contributed by atoms with Gasteiger partial charge in [0.25, 0.3) is 0 Å². The Kier molecular flexibility index (Phi) is 4.39. The average Bonchev–Trinajstić information content (AvgIpc) is 2.54. The average molecular weight is 301 g/mol. The molecule has 0 aromatic heterocycles. The quantitative estimate of drug-likeness (QED) is 0.833. The minimum atomic E-state index is 0.172. The number of amides is 1. The molecule has 0 saturated carbocycles. The first-order chi connectivity index (χ1) is 10.6. The molecule has 1 heterocycles. The van der Waals surface area contributed by atoms with E-state index in [1.165, 1.54) is 16.8 Å². The maximum atomic E-state index is 11.7. The van der Waals surface area contributed by atoms with E-state index in [4.69, 9.17) is 0 Å². The first-order valence-corrected chi connectivity index (χ1v) is 8.34. The number of carbonyl (C=O) groups excluding carboxylic acids is 1. The summed E-state index contributed by atoms with van der Waals surface area (Å²) in [5, 5.41) is 0. The van der Waals surface area contributed by atoms with E-state index in [0.717, 1.165) is 45.4 Å². The van der Waals surface area contributed by atoms with Gasteiger partial charge in [0, 0.05) is 51.9 Å². The smallest absolute Gasteiger partial charge is 0.219 e. The SMILES string of the molecule is CC(=O)N(C)C1CCc2cccc(N3CCN(C)CC3)c2C1. The van der Waals surface area contributed by atoms with Gasteiger partial charge < -0.3 is 14.7 Å². The molecular weight excluding hydrogens is 274 g/mol. The molecule has 1 aliphatic heterocycles. The molecule has 2 aliphatic rings. The van der Waals surface area contributed by atoms with Gasteiger partial charge in [0.1, 0.15) is 0 Å². The number of piperazine rings is 1. The van der Waals surface area contributed by atoms with Gasteiger partial charge in [-0.3, -0.25) is 4.79 Å². The molecule has 1 aromatic carbocycles. The van der Waals surface area contributed by atoms with Gasteiger partial charge >= 0.3 is 0 Å². The number of hydrogen-bond acceptors (Lipinski definition) is 3. The van der Waals surface area contributed by atoms with Gasteiger partial charge in [0.05, 0.1) is 0 Å². The highest BCUT2D eigenvalue weighted by molar-refractivity contribution is 5.73. The molecule has 0 N–H and O–H groups in total. The number of hydrogen-bond donors (Lipinski definition) is 0. The van der Waals surface area contributed by atoms with Crippen molar-refractivity contribution in [1.29, 1.82) is 0 Å². The van der Waals surface area contributed by atoms with Gasteiger partial charge in [0.2, 0.25) is 5.91 Å². The highest BCUT2D eigenvalue weighted by Crippen LogP contribution is 2.32. The Morgan fingerprint density at radius 2 is 1.95 bits per heavy atom. The lowest BCUT2D eigenvalue weighted by Gasteiger charge is -2.38. The summed E-state index contributed by atoms with van der Waals surface area (Å²) in [6, 6.07) is 7.07. The zero-order valence-electron chi connectivity index (χ0n) is 14.0. The lowest BCUT2D eigenvalue weighted by Crippen LogP contribution is -2.45. The number of benzene rings is 1. The summed E-state index contributed by atoms with van der Waals surface area (Å²) in [5.41, 5.74) is 4.34. The zero-order chi connectivity index (χ0) is 15.7. The molecular formula is C18H27N3O. The molecule has 1 saturated heterocycles. The van der Waals surface area contributed by atoms with Gasteiger partial charge in [-0.05, 0) is 43.5 Å². The third-order valence-corrected chi connectivity index (χ3v) is 5.32. The number of nitrogens with zero attached hydrogens (tertiary/aromatic N) is 3. The van der Waals surface area contributed by atoms with Crippen molar-refractivity contribution in [2.24, 2.45) is 0 Å². The van der Waals surface area contributed by atoms with Crippen LogP contribution in [0.2, 0.25) is 0 Å². The molecule has 22 heavy (non-hydrogen) atoms. The van der Waals surface area contributed by atoms with Gasteiger partial charge in [-0.25, -0.2) is 0 Å². The summed E-state index contributed by atoms with van der Waals surface area (Å²) < 4.78 is 0. The van der Waals surface area contributed by atoms with Crippen LogP contribution in [-0.4, -0.2) is 62.0 Å². The number of aryl methyl sites for hydroxylation is 1. The van der Waals surface area contributed by atoms with Crippen LogP contribution < -0.4 is 4.90 Å². The number of likely N-dealkylation sites (N-methyl/N-ethyl adjacent to an activating group) is 2. The number of carbonyl (C=O) groups is 1. The molecule has 1 atom stereocenters. The molecule has 0 bridgehead atoms. The molecule has 1 aliphatic carbocycles. The first kappa shape index (κ1) is 15.3. The van der Waals surface area contributed by atoms with E-state index < -0.39 is 0 Å². The molecule has 120 valence electrons. The Morgan fingerprint density at radius 3 is 2.64 bits per heavy atom. The Hall–Kier alpha value is -1.55. The molecule has 1 aromatic rings.